The zero-order chi connectivity index (χ0) is 20.7. The summed E-state index contributed by atoms with van der Waals surface area (Å²) in [6.07, 6.45) is 3.09. The van der Waals surface area contributed by atoms with Crippen molar-refractivity contribution in [2.75, 3.05) is 0 Å². The minimum atomic E-state index is -0.454. The van der Waals surface area contributed by atoms with E-state index in [4.69, 9.17) is 4.74 Å². The first-order chi connectivity index (χ1) is 14.8. The molecule has 0 amide bonds. The van der Waals surface area contributed by atoms with Crippen molar-refractivity contribution in [2.24, 2.45) is 0 Å². The number of hydrogen-bond acceptors (Lipinski definition) is 1. The van der Waals surface area contributed by atoms with Crippen LogP contribution in [0, 0.1) is 0 Å². The van der Waals surface area contributed by atoms with Crippen LogP contribution in [-0.4, -0.2) is 0 Å². The molecular formula is C29H26O. The first-order valence-electron chi connectivity index (χ1n) is 10.4. The molecule has 0 heterocycles. The van der Waals surface area contributed by atoms with Gasteiger partial charge in [0.05, 0.1) is 5.41 Å². The highest BCUT2D eigenvalue weighted by Crippen LogP contribution is 2.41. The molecule has 0 fully saturated rings. The summed E-state index contributed by atoms with van der Waals surface area (Å²) >= 11 is 0. The third-order valence-corrected chi connectivity index (χ3v) is 5.41. The lowest BCUT2D eigenvalue weighted by Crippen LogP contribution is -2.28. The molecule has 0 bridgehead atoms. The molecule has 4 rings (SSSR count). The van der Waals surface area contributed by atoms with E-state index in [1.807, 2.05) is 30.3 Å². The van der Waals surface area contributed by atoms with Gasteiger partial charge in [-0.05, 0) is 34.9 Å². The summed E-state index contributed by atoms with van der Waals surface area (Å²) in [7, 11) is 0. The Morgan fingerprint density at radius 2 is 0.967 bits per heavy atom. The number of rotatable bonds is 7. The van der Waals surface area contributed by atoms with Gasteiger partial charge < -0.3 is 4.74 Å². The lowest BCUT2D eigenvalue weighted by Gasteiger charge is -2.34. The van der Waals surface area contributed by atoms with Crippen molar-refractivity contribution in [3.63, 3.8) is 0 Å². The minimum Gasteiger partial charge on any atom is -0.462 e. The maximum atomic E-state index is 6.34. The standard InChI is InChI=1S/C29H26O/c1-2-27(30-28-21-13-6-14-22-28)23-29(24-15-7-3-8-16-24,25-17-9-4-10-18-25)26-19-11-5-12-20-26/h3-23H,2H2,1H3. The van der Waals surface area contributed by atoms with E-state index in [1.165, 1.54) is 16.7 Å². The molecular weight excluding hydrogens is 364 g/mol. The summed E-state index contributed by atoms with van der Waals surface area (Å²) in [5.74, 6) is 1.80. The number of ether oxygens (including phenoxy) is 1. The van der Waals surface area contributed by atoms with Crippen LogP contribution in [0.5, 0.6) is 5.75 Å². The molecule has 0 atom stereocenters. The van der Waals surface area contributed by atoms with Crippen LogP contribution in [0.15, 0.2) is 133 Å². The highest BCUT2D eigenvalue weighted by molar-refractivity contribution is 5.55. The molecule has 0 aliphatic carbocycles. The Morgan fingerprint density at radius 3 is 1.33 bits per heavy atom. The Labute approximate surface area is 179 Å². The Balaban J connectivity index is 1.97. The number of allylic oxidation sites excluding steroid dienone is 2. The fraction of sp³-hybridized carbons (Fsp3) is 0.103. The van der Waals surface area contributed by atoms with Crippen LogP contribution < -0.4 is 4.74 Å². The van der Waals surface area contributed by atoms with Crippen molar-refractivity contribution in [2.45, 2.75) is 18.8 Å². The second kappa shape index (κ2) is 9.28. The van der Waals surface area contributed by atoms with E-state index in [9.17, 15) is 0 Å². The molecule has 0 aromatic heterocycles. The summed E-state index contributed by atoms with van der Waals surface area (Å²) in [6, 6.07) is 42.0. The molecule has 4 aromatic rings. The van der Waals surface area contributed by atoms with Crippen LogP contribution >= 0.6 is 0 Å². The highest BCUT2D eigenvalue weighted by atomic mass is 16.5. The van der Waals surface area contributed by atoms with Gasteiger partial charge in [0.25, 0.3) is 0 Å². The van der Waals surface area contributed by atoms with Gasteiger partial charge in [-0.25, -0.2) is 0 Å². The van der Waals surface area contributed by atoms with Gasteiger partial charge in [-0.2, -0.15) is 0 Å². The van der Waals surface area contributed by atoms with Gasteiger partial charge >= 0.3 is 0 Å². The van der Waals surface area contributed by atoms with Gasteiger partial charge in [-0.3, -0.25) is 0 Å². The molecule has 0 aliphatic heterocycles. The lowest BCUT2D eigenvalue weighted by molar-refractivity contribution is 0.402. The number of hydrogen-bond donors (Lipinski definition) is 0. The molecule has 0 N–H and O–H groups in total. The molecule has 0 radical (unpaired) electrons. The van der Waals surface area contributed by atoms with E-state index < -0.39 is 5.41 Å². The average molecular weight is 391 g/mol. The molecule has 148 valence electrons. The van der Waals surface area contributed by atoms with E-state index in [-0.39, 0.29) is 0 Å². The fourth-order valence-electron chi connectivity index (χ4n) is 3.94. The number of benzene rings is 4. The Bertz CT molecular complexity index is 972. The van der Waals surface area contributed by atoms with Gasteiger partial charge in [0.15, 0.2) is 0 Å². The topological polar surface area (TPSA) is 9.23 Å². The predicted octanol–water partition coefficient (Wildman–Crippen LogP) is 7.39. The summed E-state index contributed by atoms with van der Waals surface area (Å²) < 4.78 is 6.34. The van der Waals surface area contributed by atoms with Crippen molar-refractivity contribution in [3.8, 4) is 5.75 Å². The third-order valence-electron chi connectivity index (χ3n) is 5.41. The molecule has 0 spiro atoms. The van der Waals surface area contributed by atoms with E-state index in [0.29, 0.717) is 0 Å². The minimum absolute atomic E-state index is 0.454. The van der Waals surface area contributed by atoms with Crippen molar-refractivity contribution in [3.05, 3.63) is 150 Å². The maximum Gasteiger partial charge on any atom is 0.126 e. The van der Waals surface area contributed by atoms with E-state index in [1.54, 1.807) is 0 Å². The van der Waals surface area contributed by atoms with Crippen LogP contribution in [-0.2, 0) is 5.41 Å². The third kappa shape index (κ3) is 4.06. The fourth-order valence-corrected chi connectivity index (χ4v) is 3.94. The van der Waals surface area contributed by atoms with Crippen molar-refractivity contribution >= 4 is 0 Å². The molecule has 0 saturated carbocycles. The lowest BCUT2D eigenvalue weighted by atomic mass is 9.69. The summed E-state index contributed by atoms with van der Waals surface area (Å²) in [6.45, 7) is 2.14. The van der Waals surface area contributed by atoms with E-state index in [2.05, 4.69) is 104 Å². The van der Waals surface area contributed by atoms with Gasteiger partial charge in [0, 0.05) is 6.42 Å². The normalized spacial score (nSPS) is 11.8. The van der Waals surface area contributed by atoms with Crippen LogP contribution in [0.4, 0.5) is 0 Å². The average Bonchev–Trinajstić information content (AvgIpc) is 2.84. The van der Waals surface area contributed by atoms with Gasteiger partial charge in [-0.1, -0.05) is 116 Å². The smallest absolute Gasteiger partial charge is 0.126 e. The summed E-state index contributed by atoms with van der Waals surface area (Å²) in [5.41, 5.74) is 3.18. The monoisotopic (exact) mass is 390 g/mol. The van der Waals surface area contributed by atoms with Crippen molar-refractivity contribution in [1.29, 1.82) is 0 Å². The second-order valence-electron chi connectivity index (χ2n) is 7.29. The molecule has 0 unspecified atom stereocenters. The Hall–Kier alpha value is -3.58. The molecule has 1 heteroatoms. The van der Waals surface area contributed by atoms with Crippen molar-refractivity contribution in [1.82, 2.24) is 0 Å². The van der Waals surface area contributed by atoms with Crippen LogP contribution in [0.1, 0.15) is 30.0 Å². The van der Waals surface area contributed by atoms with Gasteiger partial charge in [0.2, 0.25) is 0 Å². The van der Waals surface area contributed by atoms with E-state index in [0.717, 1.165) is 17.9 Å². The maximum absolute atomic E-state index is 6.34. The zero-order valence-corrected chi connectivity index (χ0v) is 17.2. The van der Waals surface area contributed by atoms with Crippen LogP contribution in [0.2, 0.25) is 0 Å². The molecule has 1 nitrogen and oxygen atoms in total. The van der Waals surface area contributed by atoms with Crippen molar-refractivity contribution < 1.29 is 4.74 Å². The molecule has 30 heavy (non-hydrogen) atoms. The first kappa shape index (κ1) is 19.7. The second-order valence-corrected chi connectivity index (χ2v) is 7.29. The molecule has 0 saturated heterocycles. The highest BCUT2D eigenvalue weighted by Gasteiger charge is 2.35. The van der Waals surface area contributed by atoms with Gasteiger partial charge in [0.1, 0.15) is 11.5 Å². The largest absolute Gasteiger partial charge is 0.462 e. The summed E-state index contributed by atoms with van der Waals surface area (Å²) in [5, 5.41) is 0. The molecule has 4 aromatic carbocycles. The van der Waals surface area contributed by atoms with Crippen LogP contribution in [0.25, 0.3) is 0 Å². The summed E-state index contributed by atoms with van der Waals surface area (Å²) in [4.78, 5) is 0. The predicted molar refractivity (Wildman–Crippen MR) is 125 cm³/mol. The Morgan fingerprint density at radius 1 is 0.600 bits per heavy atom. The quantitative estimate of drug-likeness (QED) is 0.236. The zero-order valence-electron chi connectivity index (χ0n) is 17.2. The van der Waals surface area contributed by atoms with E-state index >= 15 is 0 Å². The SMILES string of the molecule is CCC(=CC(c1ccccc1)(c1ccccc1)c1ccccc1)Oc1ccccc1. The van der Waals surface area contributed by atoms with Gasteiger partial charge in [-0.15, -0.1) is 0 Å². The Kier molecular flexibility index (Phi) is 6.10. The molecule has 0 aliphatic rings. The number of para-hydroxylation sites is 1. The first-order valence-corrected chi connectivity index (χ1v) is 10.4. The van der Waals surface area contributed by atoms with Crippen LogP contribution in [0.3, 0.4) is 0 Å².